The molecule has 2 fully saturated rings. The van der Waals surface area contributed by atoms with Gasteiger partial charge in [-0.15, -0.1) is 0 Å². The van der Waals surface area contributed by atoms with E-state index in [1.54, 1.807) is 0 Å². The number of aryl methyl sites for hydroxylation is 1. The lowest BCUT2D eigenvalue weighted by molar-refractivity contribution is -0.106. The number of aromatic nitrogens is 2. The number of likely N-dealkylation sites (N-methyl/N-ethyl adjacent to an activating group) is 1. The van der Waals surface area contributed by atoms with Gasteiger partial charge in [-0.2, -0.15) is 5.10 Å². The standard InChI is InChI=1S/C18H32N6O/c1-18(2)15(13-7-8-25-16(13)18)22-17(19-3)20-10-14(23(4)5)12-9-21-24(6)11-12/h9,11,13-16H,7-8,10H2,1-6H3,(H2,19,20,22). The number of guanidine groups is 1. The van der Waals surface area contributed by atoms with Gasteiger partial charge in [0.2, 0.25) is 0 Å². The third kappa shape index (κ3) is 3.40. The predicted octanol–water partition coefficient (Wildman–Crippen LogP) is 1.00. The first kappa shape index (κ1) is 18.2. The maximum absolute atomic E-state index is 5.89. The van der Waals surface area contributed by atoms with Crippen LogP contribution in [-0.2, 0) is 11.8 Å². The van der Waals surface area contributed by atoms with E-state index in [2.05, 4.69) is 59.8 Å². The molecule has 2 N–H and O–H groups in total. The van der Waals surface area contributed by atoms with E-state index in [0.717, 1.165) is 25.5 Å². The summed E-state index contributed by atoms with van der Waals surface area (Å²) in [5.74, 6) is 1.45. The van der Waals surface area contributed by atoms with Crippen LogP contribution in [0.2, 0.25) is 0 Å². The number of nitrogens with one attached hydrogen (secondary N) is 2. The van der Waals surface area contributed by atoms with E-state index < -0.39 is 0 Å². The van der Waals surface area contributed by atoms with Crippen LogP contribution in [0.25, 0.3) is 0 Å². The fourth-order valence-electron chi connectivity index (χ4n) is 4.36. The number of hydrogen-bond donors (Lipinski definition) is 2. The Bertz CT molecular complexity index is 623. The van der Waals surface area contributed by atoms with E-state index in [1.165, 1.54) is 5.56 Å². The van der Waals surface area contributed by atoms with Crippen LogP contribution < -0.4 is 10.6 Å². The Labute approximate surface area is 150 Å². The molecule has 7 heteroatoms. The Balaban J connectivity index is 1.60. The highest BCUT2D eigenvalue weighted by Gasteiger charge is 2.59. The van der Waals surface area contributed by atoms with Gasteiger partial charge in [0.05, 0.1) is 18.3 Å². The third-order valence-corrected chi connectivity index (χ3v) is 5.81. The fourth-order valence-corrected chi connectivity index (χ4v) is 4.36. The van der Waals surface area contributed by atoms with E-state index in [4.69, 9.17) is 4.74 Å². The first-order chi connectivity index (χ1) is 11.8. The minimum atomic E-state index is 0.142. The van der Waals surface area contributed by atoms with E-state index >= 15 is 0 Å². The average Bonchev–Trinajstić information content (AvgIpc) is 3.18. The highest BCUT2D eigenvalue weighted by atomic mass is 16.5. The van der Waals surface area contributed by atoms with Gasteiger partial charge in [0.25, 0.3) is 0 Å². The van der Waals surface area contributed by atoms with Crippen molar-refractivity contribution in [2.24, 2.45) is 23.4 Å². The molecule has 0 spiro atoms. The number of aliphatic imine (C=N–C) groups is 1. The summed E-state index contributed by atoms with van der Waals surface area (Å²) in [5, 5.41) is 11.4. The molecule has 7 nitrogen and oxygen atoms in total. The van der Waals surface area contributed by atoms with Crippen LogP contribution in [-0.4, -0.2) is 67.1 Å². The summed E-state index contributed by atoms with van der Waals surface area (Å²) in [6.07, 6.45) is 5.52. The van der Waals surface area contributed by atoms with E-state index in [9.17, 15) is 0 Å². The molecule has 1 aromatic heterocycles. The monoisotopic (exact) mass is 348 g/mol. The molecule has 0 radical (unpaired) electrons. The van der Waals surface area contributed by atoms with Crippen molar-refractivity contribution in [2.45, 2.75) is 38.5 Å². The Hall–Kier alpha value is -1.60. The smallest absolute Gasteiger partial charge is 0.191 e. The van der Waals surface area contributed by atoms with Gasteiger partial charge in [-0.3, -0.25) is 9.67 Å². The molecule has 1 aliphatic carbocycles. The maximum Gasteiger partial charge on any atom is 0.191 e. The van der Waals surface area contributed by atoms with Crippen LogP contribution in [0.15, 0.2) is 17.4 Å². The third-order valence-electron chi connectivity index (χ3n) is 5.81. The SMILES string of the molecule is CN=C(NCC(c1cnn(C)c1)N(C)C)NC1C2CCOC2C1(C)C. The van der Waals surface area contributed by atoms with Gasteiger partial charge in [-0.05, 0) is 20.5 Å². The lowest BCUT2D eigenvalue weighted by atomic mass is 9.57. The predicted molar refractivity (Wildman–Crippen MR) is 99.5 cm³/mol. The number of rotatable bonds is 5. The van der Waals surface area contributed by atoms with Crippen LogP contribution in [0.5, 0.6) is 0 Å². The topological polar surface area (TPSA) is 66.7 Å². The van der Waals surface area contributed by atoms with Gasteiger partial charge >= 0.3 is 0 Å². The summed E-state index contributed by atoms with van der Waals surface area (Å²) >= 11 is 0. The summed E-state index contributed by atoms with van der Waals surface area (Å²) in [6.45, 7) is 6.22. The second kappa shape index (κ2) is 6.96. The van der Waals surface area contributed by atoms with Crippen LogP contribution in [0, 0.1) is 11.3 Å². The normalized spacial score (nSPS) is 29.2. The van der Waals surface area contributed by atoms with Crippen molar-refractivity contribution in [2.75, 3.05) is 34.3 Å². The lowest BCUT2D eigenvalue weighted by Gasteiger charge is -2.55. The van der Waals surface area contributed by atoms with Crippen LogP contribution in [0.1, 0.15) is 31.9 Å². The van der Waals surface area contributed by atoms with E-state index in [1.807, 2.05) is 25.0 Å². The Morgan fingerprint density at radius 3 is 2.88 bits per heavy atom. The molecule has 3 rings (SSSR count). The Morgan fingerprint density at radius 2 is 2.28 bits per heavy atom. The summed E-state index contributed by atoms with van der Waals surface area (Å²) in [6, 6.07) is 0.645. The molecule has 1 saturated heterocycles. The summed E-state index contributed by atoms with van der Waals surface area (Å²) in [7, 11) is 7.96. The highest BCUT2D eigenvalue weighted by Crippen LogP contribution is 2.52. The van der Waals surface area contributed by atoms with Crippen molar-refractivity contribution in [3.8, 4) is 0 Å². The molecule has 2 aliphatic rings. The van der Waals surface area contributed by atoms with Crippen LogP contribution in [0.4, 0.5) is 0 Å². The summed E-state index contributed by atoms with van der Waals surface area (Å²) < 4.78 is 7.73. The van der Waals surface area contributed by atoms with Crippen molar-refractivity contribution in [3.63, 3.8) is 0 Å². The quantitative estimate of drug-likeness (QED) is 0.614. The molecule has 140 valence electrons. The molecule has 1 aromatic rings. The zero-order chi connectivity index (χ0) is 18.2. The molecule has 2 heterocycles. The van der Waals surface area contributed by atoms with E-state index in [-0.39, 0.29) is 11.5 Å². The molecule has 4 unspecified atom stereocenters. The first-order valence-electron chi connectivity index (χ1n) is 9.08. The summed E-state index contributed by atoms with van der Waals surface area (Å²) in [4.78, 5) is 6.63. The molecular weight excluding hydrogens is 316 g/mol. The zero-order valence-corrected chi connectivity index (χ0v) is 16.3. The second-order valence-electron chi connectivity index (χ2n) is 8.07. The Morgan fingerprint density at radius 1 is 1.52 bits per heavy atom. The largest absolute Gasteiger partial charge is 0.377 e. The fraction of sp³-hybridized carbons (Fsp3) is 0.778. The highest BCUT2D eigenvalue weighted by molar-refractivity contribution is 5.80. The number of ether oxygens (including phenoxy) is 1. The summed E-state index contributed by atoms with van der Waals surface area (Å²) in [5.41, 5.74) is 1.34. The lowest BCUT2D eigenvalue weighted by Crippen LogP contribution is -2.68. The van der Waals surface area contributed by atoms with Gasteiger partial charge in [0.15, 0.2) is 5.96 Å². The van der Waals surface area contributed by atoms with Crippen LogP contribution in [0.3, 0.4) is 0 Å². The molecule has 25 heavy (non-hydrogen) atoms. The molecular formula is C18H32N6O. The van der Waals surface area contributed by atoms with Gasteiger partial charge < -0.3 is 20.3 Å². The maximum atomic E-state index is 5.89. The number of fused-ring (bicyclic) bond motifs is 1. The molecule has 0 bridgehead atoms. The van der Waals surface area contributed by atoms with Crippen molar-refractivity contribution in [1.82, 2.24) is 25.3 Å². The zero-order valence-electron chi connectivity index (χ0n) is 16.3. The second-order valence-corrected chi connectivity index (χ2v) is 8.07. The molecule has 1 aliphatic heterocycles. The molecule has 4 atom stereocenters. The van der Waals surface area contributed by atoms with Crippen molar-refractivity contribution >= 4 is 5.96 Å². The van der Waals surface area contributed by atoms with Crippen molar-refractivity contribution in [3.05, 3.63) is 18.0 Å². The van der Waals surface area contributed by atoms with Gasteiger partial charge in [-0.25, -0.2) is 0 Å². The first-order valence-corrected chi connectivity index (χ1v) is 9.08. The Kier molecular flexibility index (Phi) is 5.06. The molecule has 1 saturated carbocycles. The number of hydrogen-bond acceptors (Lipinski definition) is 4. The molecule has 0 aromatic carbocycles. The van der Waals surface area contributed by atoms with E-state index in [0.29, 0.717) is 18.1 Å². The van der Waals surface area contributed by atoms with Crippen molar-refractivity contribution < 1.29 is 4.74 Å². The van der Waals surface area contributed by atoms with Gasteiger partial charge in [0, 0.05) is 56.4 Å². The minimum Gasteiger partial charge on any atom is -0.377 e. The number of nitrogens with zero attached hydrogens (tertiary/aromatic N) is 4. The van der Waals surface area contributed by atoms with Crippen molar-refractivity contribution in [1.29, 1.82) is 0 Å². The van der Waals surface area contributed by atoms with Gasteiger partial charge in [0.1, 0.15) is 0 Å². The molecule has 0 amide bonds. The van der Waals surface area contributed by atoms with Crippen LogP contribution >= 0.6 is 0 Å². The van der Waals surface area contributed by atoms with Gasteiger partial charge in [-0.1, -0.05) is 13.8 Å². The average molecular weight is 348 g/mol. The minimum absolute atomic E-state index is 0.142.